The number of hydrogen-bond acceptors (Lipinski definition) is 5. The molecule has 8 heteroatoms. The number of nitrogens with zero attached hydrogens (tertiary/aromatic N) is 3. The maximum absolute atomic E-state index is 11.9. The third-order valence-corrected chi connectivity index (χ3v) is 2.99. The molecule has 0 aromatic carbocycles. The molecule has 2 N–H and O–H groups in total. The summed E-state index contributed by atoms with van der Waals surface area (Å²) in [5.74, 6) is -1.54. The maximum atomic E-state index is 11.9. The molecule has 108 valence electrons. The zero-order valence-electron chi connectivity index (χ0n) is 11.3. The molecular formula is C12H16N4O4. The van der Waals surface area contributed by atoms with E-state index in [0.29, 0.717) is 6.54 Å². The van der Waals surface area contributed by atoms with Crippen molar-refractivity contribution in [3.8, 4) is 0 Å². The summed E-state index contributed by atoms with van der Waals surface area (Å²) in [6, 6.07) is 0. The van der Waals surface area contributed by atoms with Gasteiger partial charge in [0.25, 0.3) is 5.91 Å². The second-order valence-electron chi connectivity index (χ2n) is 4.49. The Balaban J connectivity index is 1.89. The monoisotopic (exact) mass is 280 g/mol. The van der Waals surface area contributed by atoms with E-state index < -0.39 is 12.1 Å². The maximum Gasteiger partial charge on any atom is 0.353 e. The SMILES string of the molecule is CCc1nn(C)cc1CNC(=O)C1CC(C(=O)O)=NO1. The zero-order chi connectivity index (χ0) is 14.7. The molecule has 1 amide bonds. The van der Waals surface area contributed by atoms with E-state index in [2.05, 4.69) is 15.6 Å². The number of nitrogens with one attached hydrogen (secondary N) is 1. The van der Waals surface area contributed by atoms with Gasteiger partial charge >= 0.3 is 5.97 Å². The third kappa shape index (κ3) is 2.95. The summed E-state index contributed by atoms with van der Waals surface area (Å²) < 4.78 is 1.69. The first-order chi connectivity index (χ1) is 9.51. The van der Waals surface area contributed by atoms with Crippen molar-refractivity contribution in [2.24, 2.45) is 12.2 Å². The molecule has 0 fully saturated rings. The van der Waals surface area contributed by atoms with Crippen LogP contribution in [0.4, 0.5) is 0 Å². The van der Waals surface area contributed by atoms with Crippen LogP contribution in [0.25, 0.3) is 0 Å². The van der Waals surface area contributed by atoms with Gasteiger partial charge in [0.05, 0.1) is 5.69 Å². The summed E-state index contributed by atoms with van der Waals surface area (Å²) in [6.45, 7) is 2.32. The Bertz CT molecular complexity index is 564. The number of aliphatic carboxylic acids is 1. The Morgan fingerprint density at radius 2 is 2.35 bits per heavy atom. The smallest absolute Gasteiger partial charge is 0.353 e. The van der Waals surface area contributed by atoms with Crippen molar-refractivity contribution in [2.45, 2.75) is 32.4 Å². The highest BCUT2D eigenvalue weighted by atomic mass is 16.6. The first-order valence-corrected chi connectivity index (χ1v) is 6.26. The van der Waals surface area contributed by atoms with Gasteiger partial charge in [-0.25, -0.2) is 4.79 Å². The number of carbonyl (C=O) groups is 2. The number of hydrogen-bond donors (Lipinski definition) is 2. The summed E-state index contributed by atoms with van der Waals surface area (Å²) in [5.41, 5.74) is 1.71. The summed E-state index contributed by atoms with van der Waals surface area (Å²) in [7, 11) is 1.82. The predicted molar refractivity (Wildman–Crippen MR) is 69.0 cm³/mol. The summed E-state index contributed by atoms with van der Waals surface area (Å²) in [5, 5.41) is 19.1. The van der Waals surface area contributed by atoms with Gasteiger partial charge in [0.1, 0.15) is 0 Å². The predicted octanol–water partition coefficient (Wildman–Crippen LogP) is -0.172. The van der Waals surface area contributed by atoms with Gasteiger partial charge in [0.2, 0.25) is 6.10 Å². The number of oxime groups is 1. The van der Waals surface area contributed by atoms with Crippen LogP contribution in [0.1, 0.15) is 24.6 Å². The summed E-state index contributed by atoms with van der Waals surface area (Å²) in [6.07, 6.45) is 1.73. The van der Waals surface area contributed by atoms with E-state index in [1.54, 1.807) is 4.68 Å². The number of rotatable bonds is 5. The molecule has 0 saturated heterocycles. The number of amides is 1. The number of carboxylic acid groups (broad SMARTS) is 1. The van der Waals surface area contributed by atoms with Crippen molar-refractivity contribution in [1.82, 2.24) is 15.1 Å². The molecule has 1 aromatic heterocycles. The van der Waals surface area contributed by atoms with Gasteiger partial charge < -0.3 is 15.3 Å². The second kappa shape index (κ2) is 5.72. The molecule has 2 rings (SSSR count). The Labute approximate surface area is 115 Å². The van der Waals surface area contributed by atoms with Gasteiger partial charge in [-0.15, -0.1) is 0 Å². The quantitative estimate of drug-likeness (QED) is 0.778. The molecule has 0 bridgehead atoms. The minimum absolute atomic E-state index is 0.0190. The minimum atomic E-state index is -1.17. The van der Waals surface area contributed by atoms with Gasteiger partial charge in [0.15, 0.2) is 5.71 Å². The lowest BCUT2D eigenvalue weighted by Gasteiger charge is -2.08. The van der Waals surface area contributed by atoms with E-state index in [9.17, 15) is 9.59 Å². The molecule has 0 spiro atoms. The van der Waals surface area contributed by atoms with Crippen molar-refractivity contribution in [3.63, 3.8) is 0 Å². The Morgan fingerprint density at radius 1 is 1.60 bits per heavy atom. The number of aryl methyl sites for hydroxylation is 2. The van der Waals surface area contributed by atoms with Gasteiger partial charge in [-0.2, -0.15) is 5.10 Å². The van der Waals surface area contributed by atoms with Gasteiger partial charge in [0, 0.05) is 31.8 Å². The Hall–Kier alpha value is -2.38. The van der Waals surface area contributed by atoms with E-state index in [4.69, 9.17) is 9.94 Å². The molecule has 1 unspecified atom stereocenters. The highest BCUT2D eigenvalue weighted by Crippen LogP contribution is 2.12. The van der Waals surface area contributed by atoms with E-state index in [1.807, 2.05) is 20.2 Å². The van der Waals surface area contributed by atoms with E-state index in [-0.39, 0.29) is 18.0 Å². The molecule has 8 nitrogen and oxygen atoms in total. The van der Waals surface area contributed by atoms with Crippen molar-refractivity contribution in [2.75, 3.05) is 0 Å². The van der Waals surface area contributed by atoms with Crippen LogP contribution in [-0.2, 0) is 34.4 Å². The highest BCUT2D eigenvalue weighted by molar-refractivity contribution is 6.36. The highest BCUT2D eigenvalue weighted by Gasteiger charge is 2.31. The second-order valence-corrected chi connectivity index (χ2v) is 4.49. The van der Waals surface area contributed by atoms with Crippen LogP contribution in [0.2, 0.25) is 0 Å². The molecule has 0 radical (unpaired) electrons. The first-order valence-electron chi connectivity index (χ1n) is 6.26. The molecule has 0 saturated carbocycles. The molecule has 2 heterocycles. The van der Waals surface area contributed by atoms with Crippen molar-refractivity contribution >= 4 is 17.6 Å². The van der Waals surface area contributed by atoms with Crippen molar-refractivity contribution < 1.29 is 19.5 Å². The summed E-state index contributed by atoms with van der Waals surface area (Å²) in [4.78, 5) is 27.4. The van der Waals surface area contributed by atoms with Crippen LogP contribution in [-0.4, -0.2) is 38.6 Å². The molecule has 1 aliphatic rings. The molecule has 1 aliphatic heterocycles. The number of aromatic nitrogens is 2. The van der Waals surface area contributed by atoms with E-state index in [0.717, 1.165) is 17.7 Å². The lowest BCUT2D eigenvalue weighted by atomic mass is 10.1. The number of carbonyl (C=O) groups excluding carboxylic acids is 1. The van der Waals surface area contributed by atoms with Gasteiger partial charge in [-0.3, -0.25) is 9.48 Å². The Kier molecular flexibility index (Phi) is 4.02. The van der Waals surface area contributed by atoms with Gasteiger partial charge in [-0.05, 0) is 6.42 Å². The zero-order valence-corrected chi connectivity index (χ0v) is 11.3. The van der Waals surface area contributed by atoms with E-state index >= 15 is 0 Å². The fourth-order valence-electron chi connectivity index (χ4n) is 1.97. The largest absolute Gasteiger partial charge is 0.477 e. The molecule has 20 heavy (non-hydrogen) atoms. The fourth-order valence-corrected chi connectivity index (χ4v) is 1.97. The van der Waals surface area contributed by atoms with Crippen LogP contribution in [0.3, 0.4) is 0 Å². The number of carboxylic acids is 1. The van der Waals surface area contributed by atoms with E-state index in [1.165, 1.54) is 0 Å². The molecule has 1 aromatic rings. The van der Waals surface area contributed by atoms with Crippen LogP contribution in [0.15, 0.2) is 11.4 Å². The third-order valence-electron chi connectivity index (χ3n) is 2.99. The Morgan fingerprint density at radius 3 is 2.95 bits per heavy atom. The van der Waals surface area contributed by atoms with Crippen LogP contribution >= 0.6 is 0 Å². The minimum Gasteiger partial charge on any atom is -0.477 e. The lowest BCUT2D eigenvalue weighted by molar-refractivity contribution is -0.131. The first kappa shape index (κ1) is 14.0. The average Bonchev–Trinajstić information content (AvgIpc) is 3.02. The van der Waals surface area contributed by atoms with Crippen LogP contribution in [0, 0.1) is 0 Å². The van der Waals surface area contributed by atoms with Crippen LogP contribution in [0.5, 0.6) is 0 Å². The average molecular weight is 280 g/mol. The summed E-state index contributed by atoms with van der Waals surface area (Å²) >= 11 is 0. The molecule has 1 atom stereocenters. The normalized spacial score (nSPS) is 17.5. The topological polar surface area (TPSA) is 106 Å². The molecule has 0 aliphatic carbocycles. The fraction of sp³-hybridized carbons (Fsp3) is 0.500. The van der Waals surface area contributed by atoms with Crippen LogP contribution < -0.4 is 5.32 Å². The lowest BCUT2D eigenvalue weighted by Crippen LogP contribution is -2.34. The standard InChI is InChI=1S/C12H16N4O4/c1-3-8-7(6-16(2)14-8)5-13-11(17)10-4-9(12(18)19)15-20-10/h6,10H,3-5H2,1-2H3,(H,13,17)(H,18,19). The van der Waals surface area contributed by atoms with Crippen molar-refractivity contribution in [1.29, 1.82) is 0 Å². The van der Waals surface area contributed by atoms with Gasteiger partial charge in [-0.1, -0.05) is 12.1 Å². The van der Waals surface area contributed by atoms with Crippen molar-refractivity contribution in [3.05, 3.63) is 17.5 Å². The molecular weight excluding hydrogens is 264 g/mol.